The van der Waals surface area contributed by atoms with Crippen LogP contribution in [0.4, 0.5) is 25.8 Å². The van der Waals surface area contributed by atoms with Gasteiger partial charge in [-0.15, -0.1) is 0 Å². The number of benzene rings is 2. The van der Waals surface area contributed by atoms with Crippen LogP contribution in [-0.2, 0) is 8.53 Å². The zero-order valence-electron chi connectivity index (χ0n) is 12.9. The van der Waals surface area contributed by atoms with E-state index >= 15 is 0 Å². The van der Waals surface area contributed by atoms with Crippen LogP contribution in [0.2, 0.25) is 0 Å². The predicted octanol–water partition coefficient (Wildman–Crippen LogP) is 1.59. The van der Waals surface area contributed by atoms with Crippen molar-refractivity contribution >= 4 is 41.5 Å². The molecule has 10 heteroatoms. The Hall–Kier alpha value is -2.35. The van der Waals surface area contributed by atoms with Gasteiger partial charge in [-0.05, 0) is 0 Å². The summed E-state index contributed by atoms with van der Waals surface area (Å²) in [6.07, 6.45) is -2.60. The van der Waals surface area contributed by atoms with E-state index in [0.29, 0.717) is 5.69 Å². The van der Waals surface area contributed by atoms with Crippen LogP contribution in [-0.4, -0.2) is 33.4 Å². The summed E-state index contributed by atoms with van der Waals surface area (Å²) in [5.74, 6) is -1.27. The number of hydrogen-bond acceptors (Lipinski definition) is 4. The van der Waals surface area contributed by atoms with Crippen LogP contribution >= 0.6 is 0 Å². The van der Waals surface area contributed by atoms with Crippen molar-refractivity contribution in [3.63, 3.8) is 0 Å². The first kappa shape index (κ1) is 19.0. The number of carbonyl (C=O) groups is 1. The standard InChI is InChI=1S/C15H15AsF2N2O5/c1-8(21)19-12-6-11(7-13(22)14(12)16(23,24)25)20-10-4-2-9(3-5-10)15(17)18/h2-7,15,20,22H,1H3,(H,19,21)(H2,23,24,25). The third kappa shape index (κ3) is 4.82. The van der Waals surface area contributed by atoms with Crippen molar-refractivity contribution in [1.82, 2.24) is 0 Å². The summed E-state index contributed by atoms with van der Waals surface area (Å²) in [5.41, 5.74) is 0.226. The van der Waals surface area contributed by atoms with Gasteiger partial charge in [-0.1, -0.05) is 0 Å². The molecule has 7 nitrogen and oxygen atoms in total. The van der Waals surface area contributed by atoms with E-state index in [1.165, 1.54) is 30.3 Å². The summed E-state index contributed by atoms with van der Waals surface area (Å²) < 4.78 is 54.8. The predicted molar refractivity (Wildman–Crippen MR) is 87.6 cm³/mol. The number of phenolic OH excluding ortho intramolecular Hbond substituents is 1. The van der Waals surface area contributed by atoms with Crippen LogP contribution in [0, 0.1) is 0 Å². The number of aromatic hydroxyl groups is 1. The molecule has 0 unspecified atom stereocenters. The Morgan fingerprint density at radius 3 is 2.20 bits per heavy atom. The second-order valence-corrected chi connectivity index (χ2v) is 8.39. The van der Waals surface area contributed by atoms with Crippen molar-refractivity contribution in [3.8, 4) is 5.75 Å². The van der Waals surface area contributed by atoms with Crippen molar-refractivity contribution < 1.29 is 30.6 Å². The molecule has 0 spiro atoms. The molecule has 0 atom stereocenters. The molecule has 2 aromatic rings. The topological polar surface area (TPSA) is 119 Å². The zero-order valence-corrected chi connectivity index (χ0v) is 14.8. The van der Waals surface area contributed by atoms with Gasteiger partial charge in [0.1, 0.15) is 0 Å². The Kier molecular flexibility index (Phi) is 5.51. The van der Waals surface area contributed by atoms with Crippen LogP contribution in [0.5, 0.6) is 5.75 Å². The normalized spacial score (nSPS) is 11.4. The van der Waals surface area contributed by atoms with Gasteiger partial charge in [0.15, 0.2) is 0 Å². The zero-order chi connectivity index (χ0) is 18.8. The fourth-order valence-corrected chi connectivity index (χ4v) is 3.83. The Morgan fingerprint density at radius 2 is 1.72 bits per heavy atom. The number of halogens is 2. The van der Waals surface area contributed by atoms with Crippen molar-refractivity contribution in [2.75, 3.05) is 10.6 Å². The molecule has 2 rings (SSSR count). The molecule has 0 saturated heterocycles. The van der Waals surface area contributed by atoms with Crippen LogP contribution < -0.4 is 15.0 Å². The summed E-state index contributed by atoms with van der Waals surface area (Å²) in [5, 5.41) is 15.0. The van der Waals surface area contributed by atoms with Gasteiger partial charge in [-0.25, -0.2) is 0 Å². The number of anilines is 3. The molecule has 1 amide bonds. The molecule has 2 aromatic carbocycles. The summed E-state index contributed by atoms with van der Waals surface area (Å²) in [6, 6.07) is 7.51. The van der Waals surface area contributed by atoms with E-state index in [1.807, 2.05) is 0 Å². The van der Waals surface area contributed by atoms with Crippen LogP contribution in [0.15, 0.2) is 36.4 Å². The van der Waals surface area contributed by atoms with E-state index < -0.39 is 36.6 Å². The van der Waals surface area contributed by atoms with Crippen LogP contribution in [0.3, 0.4) is 0 Å². The molecule has 25 heavy (non-hydrogen) atoms. The number of alkyl halides is 2. The van der Waals surface area contributed by atoms with Gasteiger partial charge in [0.05, 0.1) is 0 Å². The molecule has 134 valence electrons. The van der Waals surface area contributed by atoms with Crippen molar-refractivity contribution in [2.24, 2.45) is 0 Å². The van der Waals surface area contributed by atoms with Crippen molar-refractivity contribution in [3.05, 3.63) is 42.0 Å². The van der Waals surface area contributed by atoms with Gasteiger partial charge in [0, 0.05) is 0 Å². The third-order valence-electron chi connectivity index (χ3n) is 3.14. The number of carbonyl (C=O) groups excluding carboxylic acids is 1. The fraction of sp³-hybridized carbons (Fsp3) is 0.133. The maximum atomic E-state index is 12.5. The first-order chi connectivity index (χ1) is 11.6. The molecule has 0 fully saturated rings. The number of phenols is 1. The van der Waals surface area contributed by atoms with Gasteiger partial charge in [0.25, 0.3) is 0 Å². The molecule has 0 aliphatic carbocycles. The van der Waals surface area contributed by atoms with Gasteiger partial charge in [0.2, 0.25) is 0 Å². The number of amides is 1. The first-order valence-electron chi connectivity index (χ1n) is 6.94. The van der Waals surface area contributed by atoms with Gasteiger partial charge in [-0.2, -0.15) is 0 Å². The van der Waals surface area contributed by atoms with E-state index in [-0.39, 0.29) is 16.9 Å². The fourth-order valence-electron chi connectivity index (χ4n) is 2.16. The molecule has 0 aliphatic rings. The molecule has 0 bridgehead atoms. The maximum absolute atomic E-state index is 12.5. The Morgan fingerprint density at radius 1 is 1.12 bits per heavy atom. The molecule has 0 aliphatic heterocycles. The molecule has 0 heterocycles. The van der Waals surface area contributed by atoms with Gasteiger partial charge >= 0.3 is 144 Å². The molecule has 5 N–H and O–H groups in total. The Labute approximate surface area is 144 Å². The molecule has 0 saturated carbocycles. The van der Waals surface area contributed by atoms with E-state index in [4.69, 9.17) is 0 Å². The summed E-state index contributed by atoms with van der Waals surface area (Å²) >= 11 is -5.51. The quantitative estimate of drug-likeness (QED) is 0.473. The molecular formula is C15H15AsF2N2O5. The van der Waals surface area contributed by atoms with Crippen molar-refractivity contribution in [1.29, 1.82) is 0 Å². The Bertz CT molecular complexity index is 837. The van der Waals surface area contributed by atoms with Gasteiger partial charge < -0.3 is 0 Å². The van der Waals surface area contributed by atoms with E-state index in [2.05, 4.69) is 10.6 Å². The van der Waals surface area contributed by atoms with E-state index in [1.54, 1.807) is 0 Å². The second-order valence-electron chi connectivity index (χ2n) is 5.16. The number of hydrogen-bond donors (Lipinski definition) is 5. The molecule has 0 radical (unpaired) electrons. The van der Waals surface area contributed by atoms with Crippen LogP contribution in [0.1, 0.15) is 18.9 Å². The van der Waals surface area contributed by atoms with E-state index in [9.17, 15) is 30.6 Å². The molecule has 0 aromatic heterocycles. The average Bonchev–Trinajstić information content (AvgIpc) is 2.45. The third-order valence-corrected chi connectivity index (χ3v) is 5.35. The average molecular weight is 416 g/mol. The minimum absolute atomic E-state index is 0.160. The first-order valence-corrected chi connectivity index (χ1v) is 10.3. The number of nitrogens with one attached hydrogen (secondary N) is 2. The summed E-state index contributed by atoms with van der Waals surface area (Å²) in [7, 11) is 0. The van der Waals surface area contributed by atoms with Crippen LogP contribution in [0.25, 0.3) is 0 Å². The summed E-state index contributed by atoms with van der Waals surface area (Å²) in [6.45, 7) is 1.15. The Balaban J connectivity index is 2.40. The van der Waals surface area contributed by atoms with Gasteiger partial charge in [-0.3, -0.25) is 0 Å². The minimum atomic E-state index is -5.51. The summed E-state index contributed by atoms with van der Waals surface area (Å²) in [4.78, 5) is 11.2. The molecular weight excluding hydrogens is 401 g/mol. The number of rotatable bonds is 5. The van der Waals surface area contributed by atoms with Crippen molar-refractivity contribution in [2.45, 2.75) is 13.3 Å². The van der Waals surface area contributed by atoms with E-state index in [0.717, 1.165) is 13.0 Å². The SMILES string of the molecule is CC(=O)Nc1cc(Nc2ccc(C(F)F)cc2)cc(O)c1[As](=O)(O)O. The second kappa shape index (κ2) is 7.26. The monoisotopic (exact) mass is 416 g/mol.